The predicted molar refractivity (Wildman–Crippen MR) is 223 cm³/mol. The molecule has 0 bridgehead atoms. The third-order valence-corrected chi connectivity index (χ3v) is 11.6. The van der Waals surface area contributed by atoms with Gasteiger partial charge in [-0.1, -0.05) is 126 Å². The Kier molecular flexibility index (Phi) is 15.7. The molecule has 8 nitrogen and oxygen atoms in total. The molecule has 0 aliphatic heterocycles. The predicted octanol–water partition coefficient (Wildman–Crippen LogP) is 12.1. The van der Waals surface area contributed by atoms with E-state index in [1.807, 2.05) is 36.4 Å². The summed E-state index contributed by atoms with van der Waals surface area (Å²) in [6.45, 7) is 6.33. The van der Waals surface area contributed by atoms with Gasteiger partial charge in [0.25, 0.3) is 0 Å². The zero-order valence-electron chi connectivity index (χ0n) is 33.7. The number of carbonyl (C=O) groups excluding carboxylic acids is 2. The summed E-state index contributed by atoms with van der Waals surface area (Å²) in [5, 5.41) is 7.80. The van der Waals surface area contributed by atoms with Crippen molar-refractivity contribution < 1.29 is 28.5 Å². The number of carbonyl (C=O) groups is 2. The van der Waals surface area contributed by atoms with Crippen molar-refractivity contribution in [3.05, 3.63) is 106 Å². The van der Waals surface area contributed by atoms with Crippen molar-refractivity contribution in [2.45, 2.75) is 142 Å². The van der Waals surface area contributed by atoms with Crippen LogP contribution in [0.15, 0.2) is 72.8 Å². The van der Waals surface area contributed by atoms with Crippen molar-refractivity contribution in [1.29, 1.82) is 0 Å². The van der Waals surface area contributed by atoms with Gasteiger partial charge in [0.15, 0.2) is 0 Å². The van der Waals surface area contributed by atoms with Gasteiger partial charge in [-0.2, -0.15) is 0 Å². The second-order valence-electron chi connectivity index (χ2n) is 15.5. The first-order valence-corrected chi connectivity index (χ1v) is 21.4. The molecule has 0 spiro atoms. The van der Waals surface area contributed by atoms with Gasteiger partial charge in [-0.15, -0.1) is 0 Å². The quantitative estimate of drug-likeness (QED) is 0.0980. The zero-order valence-corrected chi connectivity index (χ0v) is 33.7. The highest BCUT2D eigenvalue weighted by Gasteiger charge is 2.22. The average Bonchev–Trinajstić information content (AvgIpc) is 3.24. The first-order chi connectivity index (χ1) is 27.6. The SMILES string of the molecule is CCCCOc1ccc2c(OCCCC)c(CNC(=O)OCc3ccccc3C3CCCCC3)ccc2c1CNC(=O)OCc1ccccc1C1CCCCC1. The minimum absolute atomic E-state index is 0.225. The maximum atomic E-state index is 13.2. The summed E-state index contributed by atoms with van der Waals surface area (Å²) in [6, 6.07) is 24.7. The molecule has 2 saturated carbocycles. The van der Waals surface area contributed by atoms with Crippen LogP contribution in [0, 0.1) is 0 Å². The first kappa shape index (κ1) is 40.9. The Balaban J connectivity index is 1.16. The lowest BCUT2D eigenvalue weighted by Gasteiger charge is -2.24. The van der Waals surface area contributed by atoms with Crippen molar-refractivity contribution in [3.8, 4) is 11.5 Å². The summed E-state index contributed by atoms with van der Waals surface area (Å²) in [5.41, 5.74) is 6.46. The van der Waals surface area contributed by atoms with Gasteiger partial charge in [0.1, 0.15) is 24.7 Å². The number of benzene rings is 4. The monoisotopic (exact) mass is 762 g/mol. The third kappa shape index (κ3) is 11.2. The molecule has 300 valence electrons. The molecule has 0 atom stereocenters. The van der Waals surface area contributed by atoms with Gasteiger partial charge < -0.3 is 29.6 Å². The largest absolute Gasteiger partial charge is 0.493 e. The molecule has 8 heteroatoms. The lowest BCUT2D eigenvalue weighted by atomic mass is 9.82. The smallest absolute Gasteiger partial charge is 0.407 e. The molecular weight excluding hydrogens is 701 g/mol. The molecular formula is C48H62N2O6. The van der Waals surface area contributed by atoms with E-state index in [1.54, 1.807) is 0 Å². The summed E-state index contributed by atoms with van der Waals surface area (Å²) in [7, 11) is 0. The lowest BCUT2D eigenvalue weighted by Crippen LogP contribution is -2.25. The highest BCUT2D eigenvalue weighted by atomic mass is 16.6. The van der Waals surface area contributed by atoms with Gasteiger partial charge in [0, 0.05) is 23.1 Å². The molecule has 56 heavy (non-hydrogen) atoms. The average molecular weight is 763 g/mol. The van der Waals surface area contributed by atoms with Gasteiger partial charge >= 0.3 is 12.2 Å². The standard InChI is InChI=1S/C48H62N2O6/c1-3-5-29-53-45-28-27-43-42(44(45)32-50-48(52)56-34-39-22-14-16-24-41(39)36-19-11-8-12-20-36)26-25-37(46(43)54-30-6-4-2)31-49-47(51)55-33-38-21-13-15-23-40(38)35-17-9-7-10-18-35/h13-16,21-28,35-36H,3-12,17-20,29-34H2,1-2H3,(H,49,51)(H,50,52). The molecule has 0 aromatic heterocycles. The van der Waals surface area contributed by atoms with E-state index in [1.165, 1.54) is 75.3 Å². The van der Waals surface area contributed by atoms with Crippen molar-refractivity contribution in [1.82, 2.24) is 10.6 Å². The highest BCUT2D eigenvalue weighted by molar-refractivity contribution is 5.94. The molecule has 2 N–H and O–H groups in total. The first-order valence-electron chi connectivity index (χ1n) is 21.4. The number of fused-ring (bicyclic) bond motifs is 1. The van der Waals surface area contributed by atoms with Crippen LogP contribution < -0.4 is 20.1 Å². The summed E-state index contributed by atoms with van der Waals surface area (Å²) >= 11 is 0. The van der Waals surface area contributed by atoms with Crippen LogP contribution in [-0.2, 0) is 35.8 Å². The molecule has 0 unspecified atom stereocenters. The number of hydrogen-bond donors (Lipinski definition) is 2. The topological polar surface area (TPSA) is 95.1 Å². The molecule has 0 saturated heterocycles. The van der Waals surface area contributed by atoms with Crippen LogP contribution >= 0.6 is 0 Å². The van der Waals surface area contributed by atoms with Crippen LogP contribution in [0.3, 0.4) is 0 Å². The Morgan fingerprint density at radius 3 is 1.66 bits per heavy atom. The van der Waals surface area contributed by atoms with Crippen LogP contribution in [-0.4, -0.2) is 25.4 Å². The Morgan fingerprint density at radius 2 is 1.09 bits per heavy atom. The van der Waals surface area contributed by atoms with Gasteiger partial charge in [-0.25, -0.2) is 9.59 Å². The van der Waals surface area contributed by atoms with Crippen LogP contribution in [0.2, 0.25) is 0 Å². The van der Waals surface area contributed by atoms with Crippen LogP contribution in [0.25, 0.3) is 10.8 Å². The van der Waals surface area contributed by atoms with Crippen molar-refractivity contribution in [2.24, 2.45) is 0 Å². The molecule has 2 aliphatic rings. The highest BCUT2D eigenvalue weighted by Crippen LogP contribution is 2.38. The summed E-state index contributed by atoms with van der Waals surface area (Å²) < 4.78 is 24.3. The molecule has 6 rings (SSSR count). The molecule has 0 radical (unpaired) electrons. The van der Waals surface area contributed by atoms with E-state index >= 15 is 0 Å². The molecule has 4 aromatic rings. The fraction of sp³-hybridized carbons (Fsp3) is 0.500. The fourth-order valence-electron chi connectivity index (χ4n) is 8.41. The Labute approximate surface area is 334 Å². The van der Waals surface area contributed by atoms with Gasteiger partial charge in [0.05, 0.1) is 19.8 Å². The second-order valence-corrected chi connectivity index (χ2v) is 15.5. The zero-order chi connectivity index (χ0) is 39.0. The molecule has 2 aliphatic carbocycles. The molecule has 2 amide bonds. The lowest BCUT2D eigenvalue weighted by molar-refractivity contribution is 0.137. The molecule has 2 fully saturated rings. The van der Waals surface area contributed by atoms with Crippen molar-refractivity contribution in [3.63, 3.8) is 0 Å². The van der Waals surface area contributed by atoms with Crippen LogP contribution in [0.4, 0.5) is 9.59 Å². The van der Waals surface area contributed by atoms with E-state index in [9.17, 15) is 9.59 Å². The third-order valence-electron chi connectivity index (χ3n) is 11.6. The van der Waals surface area contributed by atoms with E-state index in [4.69, 9.17) is 18.9 Å². The van der Waals surface area contributed by atoms with Crippen LogP contribution in [0.1, 0.15) is 149 Å². The minimum Gasteiger partial charge on any atom is -0.493 e. The number of amides is 2. The Bertz CT molecular complexity index is 1860. The van der Waals surface area contributed by atoms with E-state index in [2.05, 4.69) is 60.9 Å². The normalized spacial score (nSPS) is 15.0. The number of unbranched alkanes of at least 4 members (excludes halogenated alkanes) is 2. The number of alkyl carbamates (subject to hydrolysis) is 2. The van der Waals surface area contributed by atoms with E-state index in [-0.39, 0.29) is 26.3 Å². The van der Waals surface area contributed by atoms with E-state index in [0.717, 1.165) is 64.5 Å². The minimum atomic E-state index is -0.472. The Morgan fingerprint density at radius 1 is 0.571 bits per heavy atom. The fourth-order valence-corrected chi connectivity index (χ4v) is 8.41. The maximum absolute atomic E-state index is 13.2. The van der Waals surface area contributed by atoms with Gasteiger partial charge in [-0.05, 0) is 90.1 Å². The Hall–Kier alpha value is -4.72. The van der Waals surface area contributed by atoms with E-state index < -0.39 is 12.2 Å². The maximum Gasteiger partial charge on any atom is 0.407 e. The van der Waals surface area contributed by atoms with Gasteiger partial charge in [-0.3, -0.25) is 0 Å². The van der Waals surface area contributed by atoms with Crippen LogP contribution in [0.5, 0.6) is 11.5 Å². The number of hydrogen-bond acceptors (Lipinski definition) is 6. The van der Waals surface area contributed by atoms with Crippen molar-refractivity contribution >= 4 is 23.0 Å². The number of nitrogens with one attached hydrogen (secondary N) is 2. The summed E-state index contributed by atoms with van der Waals surface area (Å²) in [4.78, 5) is 26.3. The van der Waals surface area contributed by atoms with Crippen molar-refractivity contribution in [2.75, 3.05) is 13.2 Å². The number of ether oxygens (including phenoxy) is 4. The van der Waals surface area contributed by atoms with E-state index in [0.29, 0.717) is 30.8 Å². The second kappa shape index (κ2) is 21.5. The summed E-state index contributed by atoms with van der Waals surface area (Å²) in [5.74, 6) is 2.49. The van der Waals surface area contributed by atoms with Gasteiger partial charge in [0.2, 0.25) is 0 Å². The molecule has 0 heterocycles. The molecule has 4 aromatic carbocycles. The summed E-state index contributed by atoms with van der Waals surface area (Å²) in [6.07, 6.45) is 15.2. The number of rotatable bonds is 18.